The third kappa shape index (κ3) is 3.17. The number of fused-ring (bicyclic) bond motifs is 2. The molecule has 0 aliphatic carbocycles. The predicted octanol–water partition coefficient (Wildman–Crippen LogP) is 2.42. The summed E-state index contributed by atoms with van der Waals surface area (Å²) in [5.74, 6) is 0.310. The van der Waals surface area contributed by atoms with E-state index in [1.165, 1.54) is 0 Å². The van der Waals surface area contributed by atoms with Crippen LogP contribution < -0.4 is 15.0 Å². The van der Waals surface area contributed by atoms with Crippen LogP contribution in [0.4, 0.5) is 11.4 Å². The van der Waals surface area contributed by atoms with Crippen LogP contribution in [0.3, 0.4) is 0 Å². The fraction of sp³-hybridized carbons (Fsp3) is 0.300. The first kappa shape index (κ1) is 18.0. The Balaban J connectivity index is 1.46. The molecule has 2 aromatic heterocycles. The molecule has 0 fully saturated rings. The van der Waals surface area contributed by atoms with Gasteiger partial charge < -0.3 is 15.0 Å². The predicted molar refractivity (Wildman–Crippen MR) is 105 cm³/mol. The average molecular weight is 379 g/mol. The van der Waals surface area contributed by atoms with Gasteiger partial charge in [-0.25, -0.2) is 4.98 Å². The standard InChI is InChI=1S/C20H21N5O3/c1-12-15-10-14(11-21-19(15)24(3)23-12)22-18(26)8-9-25-16-6-4-5-7-17(16)28-13(2)20(25)27/h4-7,10-11,13H,8-9H2,1-3H3,(H,22,26)/t13-/m1/s1. The Bertz CT molecular complexity index is 1070. The molecule has 28 heavy (non-hydrogen) atoms. The zero-order valence-corrected chi connectivity index (χ0v) is 16.0. The number of carbonyl (C=O) groups excluding carboxylic acids is 2. The Hall–Kier alpha value is -3.42. The number of rotatable bonds is 4. The third-order valence-electron chi connectivity index (χ3n) is 4.78. The van der Waals surface area contributed by atoms with Gasteiger partial charge >= 0.3 is 0 Å². The number of anilines is 2. The molecule has 1 atom stereocenters. The number of nitrogens with zero attached hydrogens (tertiary/aromatic N) is 4. The molecule has 0 bridgehead atoms. The summed E-state index contributed by atoms with van der Waals surface area (Å²) >= 11 is 0. The van der Waals surface area contributed by atoms with Crippen LogP contribution in [0.25, 0.3) is 11.0 Å². The van der Waals surface area contributed by atoms with Crippen LogP contribution in [0, 0.1) is 6.92 Å². The summed E-state index contributed by atoms with van der Waals surface area (Å²) in [7, 11) is 1.83. The number of carbonyl (C=O) groups is 2. The number of hydrogen-bond donors (Lipinski definition) is 1. The van der Waals surface area contributed by atoms with Crippen molar-refractivity contribution < 1.29 is 14.3 Å². The van der Waals surface area contributed by atoms with Gasteiger partial charge in [-0.3, -0.25) is 14.3 Å². The van der Waals surface area contributed by atoms with Gasteiger partial charge in [0.2, 0.25) is 5.91 Å². The van der Waals surface area contributed by atoms with Gasteiger partial charge in [-0.2, -0.15) is 5.10 Å². The highest BCUT2D eigenvalue weighted by Gasteiger charge is 2.31. The molecule has 1 N–H and O–H groups in total. The fourth-order valence-electron chi connectivity index (χ4n) is 3.40. The topological polar surface area (TPSA) is 89.4 Å². The Morgan fingerprint density at radius 2 is 2.11 bits per heavy atom. The van der Waals surface area contributed by atoms with Gasteiger partial charge in [-0.1, -0.05) is 12.1 Å². The zero-order chi connectivity index (χ0) is 19.8. The zero-order valence-electron chi connectivity index (χ0n) is 16.0. The largest absolute Gasteiger partial charge is 0.479 e. The molecule has 0 saturated carbocycles. The molecule has 1 aliphatic rings. The lowest BCUT2D eigenvalue weighted by Gasteiger charge is -2.32. The summed E-state index contributed by atoms with van der Waals surface area (Å²) in [5, 5.41) is 8.08. The maximum Gasteiger partial charge on any atom is 0.267 e. The average Bonchev–Trinajstić information content (AvgIpc) is 2.95. The lowest BCUT2D eigenvalue weighted by molar-refractivity contribution is -0.125. The summed E-state index contributed by atoms with van der Waals surface area (Å²) in [4.78, 5) is 30.9. The highest BCUT2D eigenvalue weighted by molar-refractivity contribution is 6.01. The number of amides is 2. The van der Waals surface area contributed by atoms with Gasteiger partial charge in [0, 0.05) is 25.4 Å². The summed E-state index contributed by atoms with van der Waals surface area (Å²) in [5.41, 5.74) is 2.91. The first-order chi connectivity index (χ1) is 13.4. The second-order valence-corrected chi connectivity index (χ2v) is 6.82. The normalized spacial score (nSPS) is 16.0. The maximum atomic E-state index is 12.5. The minimum atomic E-state index is -0.571. The number of pyridine rings is 1. The number of nitrogens with one attached hydrogen (secondary N) is 1. The van der Waals surface area contributed by atoms with E-state index in [0.29, 0.717) is 17.1 Å². The molecule has 4 rings (SSSR count). The first-order valence-electron chi connectivity index (χ1n) is 9.10. The van der Waals surface area contributed by atoms with Crippen molar-refractivity contribution in [2.75, 3.05) is 16.8 Å². The molecular formula is C20H21N5O3. The minimum absolute atomic E-state index is 0.152. The lowest BCUT2D eigenvalue weighted by Crippen LogP contribution is -2.45. The van der Waals surface area contributed by atoms with Gasteiger partial charge in [0.05, 0.1) is 23.3 Å². The van der Waals surface area contributed by atoms with E-state index < -0.39 is 6.10 Å². The van der Waals surface area contributed by atoms with Crippen molar-refractivity contribution >= 4 is 34.2 Å². The van der Waals surface area contributed by atoms with Crippen LogP contribution in [0.2, 0.25) is 0 Å². The summed E-state index contributed by atoms with van der Waals surface area (Å²) < 4.78 is 7.33. The SMILES string of the molecule is Cc1nn(C)c2ncc(NC(=O)CCN3C(=O)[C@@H](C)Oc4ccccc43)cc12. The molecule has 3 aromatic rings. The maximum absolute atomic E-state index is 12.5. The van der Waals surface area contributed by atoms with E-state index in [1.54, 1.807) is 22.7 Å². The van der Waals surface area contributed by atoms with E-state index in [4.69, 9.17) is 4.74 Å². The highest BCUT2D eigenvalue weighted by atomic mass is 16.5. The molecule has 8 nitrogen and oxygen atoms in total. The molecule has 0 spiro atoms. The molecular weight excluding hydrogens is 358 g/mol. The number of benzene rings is 1. The van der Waals surface area contributed by atoms with Crippen LogP contribution in [-0.2, 0) is 16.6 Å². The van der Waals surface area contributed by atoms with Crippen LogP contribution in [0.5, 0.6) is 5.75 Å². The van der Waals surface area contributed by atoms with Crippen molar-refractivity contribution in [2.45, 2.75) is 26.4 Å². The van der Waals surface area contributed by atoms with E-state index in [2.05, 4.69) is 15.4 Å². The van der Waals surface area contributed by atoms with Gasteiger partial charge in [-0.05, 0) is 32.0 Å². The Morgan fingerprint density at radius 1 is 1.32 bits per heavy atom. The summed E-state index contributed by atoms with van der Waals surface area (Å²) in [6.45, 7) is 3.89. The van der Waals surface area contributed by atoms with Crippen LogP contribution in [-0.4, -0.2) is 39.2 Å². The first-order valence-corrected chi connectivity index (χ1v) is 9.10. The summed E-state index contributed by atoms with van der Waals surface area (Å²) in [6, 6.07) is 9.20. The minimum Gasteiger partial charge on any atom is -0.479 e. The molecule has 1 aliphatic heterocycles. The van der Waals surface area contributed by atoms with Crippen molar-refractivity contribution in [1.82, 2.24) is 14.8 Å². The van der Waals surface area contributed by atoms with Gasteiger partial charge in [0.25, 0.3) is 5.91 Å². The van der Waals surface area contributed by atoms with Gasteiger partial charge in [0.15, 0.2) is 11.8 Å². The number of aromatic nitrogens is 3. The van der Waals surface area contributed by atoms with Crippen molar-refractivity contribution in [3.8, 4) is 5.75 Å². The number of aryl methyl sites for hydroxylation is 2. The van der Waals surface area contributed by atoms with Crippen molar-refractivity contribution in [2.24, 2.45) is 7.05 Å². The van der Waals surface area contributed by atoms with E-state index in [-0.39, 0.29) is 24.8 Å². The Labute approximate surface area is 162 Å². The Morgan fingerprint density at radius 3 is 2.93 bits per heavy atom. The van der Waals surface area contributed by atoms with E-state index in [1.807, 2.05) is 44.3 Å². The van der Waals surface area contributed by atoms with E-state index >= 15 is 0 Å². The second kappa shape index (κ2) is 6.95. The van der Waals surface area contributed by atoms with Crippen LogP contribution >= 0.6 is 0 Å². The van der Waals surface area contributed by atoms with Crippen molar-refractivity contribution in [3.05, 3.63) is 42.2 Å². The number of para-hydroxylation sites is 2. The van der Waals surface area contributed by atoms with Crippen LogP contribution in [0.15, 0.2) is 36.5 Å². The van der Waals surface area contributed by atoms with Crippen molar-refractivity contribution in [1.29, 1.82) is 0 Å². The third-order valence-corrected chi connectivity index (χ3v) is 4.78. The summed E-state index contributed by atoms with van der Waals surface area (Å²) in [6.07, 6.45) is 1.20. The highest BCUT2D eigenvalue weighted by Crippen LogP contribution is 2.33. The molecule has 0 saturated heterocycles. The molecule has 0 unspecified atom stereocenters. The molecule has 0 radical (unpaired) electrons. The van der Waals surface area contributed by atoms with E-state index in [0.717, 1.165) is 16.7 Å². The Kier molecular flexibility index (Phi) is 4.46. The fourth-order valence-corrected chi connectivity index (χ4v) is 3.40. The van der Waals surface area contributed by atoms with Gasteiger partial charge in [-0.15, -0.1) is 0 Å². The monoisotopic (exact) mass is 379 g/mol. The molecule has 1 aromatic carbocycles. The quantitative estimate of drug-likeness (QED) is 0.752. The number of hydrogen-bond acceptors (Lipinski definition) is 5. The van der Waals surface area contributed by atoms with Gasteiger partial charge in [0.1, 0.15) is 5.75 Å². The molecule has 2 amide bonds. The molecule has 3 heterocycles. The smallest absolute Gasteiger partial charge is 0.267 e. The number of ether oxygens (including phenoxy) is 1. The van der Waals surface area contributed by atoms with E-state index in [9.17, 15) is 9.59 Å². The second-order valence-electron chi connectivity index (χ2n) is 6.82. The molecule has 8 heteroatoms. The van der Waals surface area contributed by atoms with Crippen LogP contribution in [0.1, 0.15) is 19.0 Å². The van der Waals surface area contributed by atoms with Crippen molar-refractivity contribution in [3.63, 3.8) is 0 Å². The molecule has 144 valence electrons. The lowest BCUT2D eigenvalue weighted by atomic mass is 10.1.